The molecule has 0 amide bonds. The summed E-state index contributed by atoms with van der Waals surface area (Å²) in [6.07, 6.45) is -0.438. The van der Waals surface area contributed by atoms with Gasteiger partial charge < -0.3 is 18.6 Å². The summed E-state index contributed by atoms with van der Waals surface area (Å²) in [6, 6.07) is 8.49. The Bertz CT molecular complexity index is 1350. The number of aryl methyl sites for hydroxylation is 1. The van der Waals surface area contributed by atoms with Gasteiger partial charge in [-0.25, -0.2) is 9.97 Å². The second kappa shape index (κ2) is 12.4. The van der Waals surface area contributed by atoms with Gasteiger partial charge in [0, 0.05) is 30.6 Å². The lowest BCUT2D eigenvalue weighted by Crippen LogP contribution is -2.16. The summed E-state index contributed by atoms with van der Waals surface area (Å²) in [5.74, 6) is 0.413. The number of benzene rings is 1. The molecule has 1 aromatic carbocycles. The molecule has 0 radical (unpaired) electrons. The molecule has 8 nitrogen and oxygen atoms in total. The minimum absolute atomic E-state index is 0.108. The minimum Gasteiger partial charge on any atom is -0.462 e. The standard InChI is InChI=1S/C21H15ClF3N5O3S2.C2H6/c1-30-10-14(27-18(30)16(31-20(34)35-2)12-7-8-26-15(22)9-12)19-28-17(29-33-19)11-3-5-13(6-4-11)32-21(23,24)25;1-2/h3-10,16H,1-2H3;1-2H3. The van der Waals surface area contributed by atoms with Crippen molar-refractivity contribution in [2.75, 3.05) is 6.26 Å². The van der Waals surface area contributed by atoms with Crippen LogP contribution in [0.25, 0.3) is 23.0 Å². The zero-order chi connectivity index (χ0) is 27.2. The van der Waals surface area contributed by atoms with E-state index in [-0.39, 0.29) is 22.6 Å². The van der Waals surface area contributed by atoms with Crippen LogP contribution in [-0.2, 0) is 11.8 Å². The molecule has 0 fully saturated rings. The molecule has 0 saturated heterocycles. The fraction of sp³-hybridized carbons (Fsp3) is 0.261. The normalized spacial score (nSPS) is 11.9. The molecule has 0 N–H and O–H groups in total. The number of rotatable bonds is 6. The van der Waals surface area contributed by atoms with Gasteiger partial charge >= 0.3 is 6.36 Å². The highest BCUT2D eigenvalue weighted by molar-refractivity contribution is 8.22. The Morgan fingerprint density at radius 2 is 1.86 bits per heavy atom. The Hall–Kier alpha value is -3.16. The number of thiocarbonyl (C=S) groups is 1. The van der Waals surface area contributed by atoms with E-state index in [2.05, 4.69) is 24.8 Å². The van der Waals surface area contributed by atoms with Crippen LogP contribution in [0.3, 0.4) is 0 Å². The maximum absolute atomic E-state index is 12.4. The maximum Gasteiger partial charge on any atom is 0.573 e. The first-order valence-electron chi connectivity index (χ1n) is 10.7. The molecule has 0 aliphatic rings. The van der Waals surface area contributed by atoms with Crippen molar-refractivity contribution in [1.82, 2.24) is 24.7 Å². The van der Waals surface area contributed by atoms with E-state index in [1.165, 1.54) is 23.9 Å². The fourth-order valence-corrected chi connectivity index (χ4v) is 3.54. The number of imidazole rings is 1. The molecule has 4 aromatic rings. The van der Waals surface area contributed by atoms with Crippen molar-refractivity contribution in [3.63, 3.8) is 0 Å². The van der Waals surface area contributed by atoms with Crippen molar-refractivity contribution >= 4 is 40.0 Å². The molecule has 1 atom stereocenters. The number of hydrogen-bond acceptors (Lipinski definition) is 9. The zero-order valence-corrected chi connectivity index (χ0v) is 22.4. The third kappa shape index (κ3) is 7.43. The van der Waals surface area contributed by atoms with E-state index in [0.29, 0.717) is 27.0 Å². The number of aromatic nitrogens is 5. The van der Waals surface area contributed by atoms with Gasteiger partial charge in [0.25, 0.3) is 5.89 Å². The Morgan fingerprint density at radius 3 is 2.49 bits per heavy atom. The molecule has 0 saturated carbocycles. The highest BCUT2D eigenvalue weighted by Gasteiger charge is 2.31. The first-order valence-corrected chi connectivity index (χ1v) is 12.7. The number of hydrogen-bond donors (Lipinski definition) is 0. The monoisotopic (exact) mass is 571 g/mol. The third-order valence-corrected chi connectivity index (χ3v) is 5.80. The van der Waals surface area contributed by atoms with Gasteiger partial charge in [0.15, 0.2) is 11.9 Å². The second-order valence-corrected chi connectivity index (χ2v) is 8.75. The molecule has 196 valence electrons. The molecule has 3 heterocycles. The Labute approximate surface area is 225 Å². The van der Waals surface area contributed by atoms with Gasteiger partial charge in [-0.1, -0.05) is 42.4 Å². The molecule has 3 aromatic heterocycles. The summed E-state index contributed by atoms with van der Waals surface area (Å²) in [7, 11) is 1.77. The van der Waals surface area contributed by atoms with Crippen LogP contribution in [0.1, 0.15) is 31.3 Å². The average Bonchev–Trinajstić information content (AvgIpc) is 3.50. The van der Waals surface area contributed by atoms with Crippen LogP contribution in [0.15, 0.2) is 53.3 Å². The highest BCUT2D eigenvalue weighted by atomic mass is 35.5. The van der Waals surface area contributed by atoms with Crippen LogP contribution in [-0.4, -0.2) is 41.7 Å². The first kappa shape index (κ1) is 28.4. The van der Waals surface area contributed by atoms with Gasteiger partial charge in [0.2, 0.25) is 10.2 Å². The van der Waals surface area contributed by atoms with Crippen LogP contribution >= 0.6 is 35.6 Å². The molecule has 0 bridgehead atoms. The lowest BCUT2D eigenvalue weighted by molar-refractivity contribution is -0.274. The number of pyridine rings is 1. The predicted octanol–water partition coefficient (Wildman–Crippen LogP) is 6.86. The molecule has 1 unspecified atom stereocenters. The van der Waals surface area contributed by atoms with Gasteiger partial charge in [0.05, 0.1) is 0 Å². The largest absolute Gasteiger partial charge is 0.573 e. The second-order valence-electron chi connectivity index (χ2n) is 6.95. The van der Waals surface area contributed by atoms with E-state index in [4.69, 9.17) is 33.1 Å². The van der Waals surface area contributed by atoms with Gasteiger partial charge in [-0.2, -0.15) is 4.98 Å². The molecule has 0 aliphatic heterocycles. The SMILES string of the molecule is CC.CSC(=S)OC(c1ccnc(Cl)c1)c1nc(-c2nc(-c3ccc(OC(F)(F)F)cc3)no2)cn1C. The smallest absolute Gasteiger partial charge is 0.462 e. The van der Waals surface area contributed by atoms with E-state index in [0.717, 1.165) is 12.1 Å². The van der Waals surface area contributed by atoms with Crippen LogP contribution < -0.4 is 4.74 Å². The van der Waals surface area contributed by atoms with Gasteiger partial charge in [-0.05, 0) is 54.9 Å². The molecule has 4 rings (SSSR count). The summed E-state index contributed by atoms with van der Waals surface area (Å²) < 4.78 is 54.3. The number of ether oxygens (including phenoxy) is 2. The summed E-state index contributed by atoms with van der Waals surface area (Å²) in [6.45, 7) is 4.00. The third-order valence-electron chi connectivity index (χ3n) is 4.57. The summed E-state index contributed by atoms with van der Waals surface area (Å²) in [4.78, 5) is 12.9. The Morgan fingerprint density at radius 1 is 1.16 bits per heavy atom. The topological polar surface area (TPSA) is 88.1 Å². The predicted molar refractivity (Wildman–Crippen MR) is 138 cm³/mol. The highest BCUT2D eigenvalue weighted by Crippen LogP contribution is 2.31. The van der Waals surface area contributed by atoms with E-state index in [1.54, 1.807) is 42.4 Å². The lowest BCUT2D eigenvalue weighted by atomic mass is 10.1. The summed E-state index contributed by atoms with van der Waals surface area (Å²) in [5, 5.41) is 4.19. The molecule has 37 heavy (non-hydrogen) atoms. The van der Waals surface area contributed by atoms with Crippen molar-refractivity contribution in [3.05, 3.63) is 65.3 Å². The molecule has 0 spiro atoms. The molecular formula is C23H21ClF3N5O3S2. The number of alkyl halides is 3. The number of halogens is 4. The van der Waals surface area contributed by atoms with Crippen molar-refractivity contribution < 1.29 is 27.2 Å². The van der Waals surface area contributed by atoms with Crippen molar-refractivity contribution in [2.24, 2.45) is 7.05 Å². The Balaban J connectivity index is 0.00000186. The maximum atomic E-state index is 12.4. The zero-order valence-electron chi connectivity index (χ0n) is 20.0. The fourth-order valence-electron chi connectivity index (χ4n) is 3.07. The minimum atomic E-state index is -4.78. The molecule has 14 heteroatoms. The molecular weight excluding hydrogens is 551 g/mol. The number of nitrogens with zero attached hydrogens (tertiary/aromatic N) is 5. The van der Waals surface area contributed by atoms with Crippen LogP contribution in [0, 0.1) is 0 Å². The van der Waals surface area contributed by atoms with Crippen molar-refractivity contribution in [2.45, 2.75) is 26.3 Å². The summed E-state index contributed by atoms with van der Waals surface area (Å²) in [5.41, 5.74) is 1.49. The number of thioether (sulfide) groups is 1. The quantitative estimate of drug-likeness (QED) is 0.182. The van der Waals surface area contributed by atoms with Crippen LogP contribution in [0.5, 0.6) is 5.75 Å². The van der Waals surface area contributed by atoms with E-state index in [9.17, 15) is 13.2 Å². The van der Waals surface area contributed by atoms with Crippen molar-refractivity contribution in [1.29, 1.82) is 0 Å². The Kier molecular flexibility index (Phi) is 9.51. The average molecular weight is 572 g/mol. The van der Waals surface area contributed by atoms with Gasteiger partial charge in [-0.3, -0.25) is 0 Å². The van der Waals surface area contributed by atoms with Crippen LogP contribution in [0.4, 0.5) is 13.2 Å². The van der Waals surface area contributed by atoms with E-state index < -0.39 is 12.5 Å². The van der Waals surface area contributed by atoms with Crippen LogP contribution in [0.2, 0.25) is 5.15 Å². The van der Waals surface area contributed by atoms with Gasteiger partial charge in [0.1, 0.15) is 16.6 Å². The van der Waals surface area contributed by atoms with Gasteiger partial charge in [-0.15, -0.1) is 13.2 Å². The lowest BCUT2D eigenvalue weighted by Gasteiger charge is -2.18. The van der Waals surface area contributed by atoms with E-state index in [1.807, 2.05) is 13.8 Å². The van der Waals surface area contributed by atoms with Crippen molar-refractivity contribution in [3.8, 4) is 28.7 Å². The summed E-state index contributed by atoms with van der Waals surface area (Å²) >= 11 is 12.6. The van der Waals surface area contributed by atoms with E-state index >= 15 is 0 Å². The molecule has 0 aliphatic carbocycles. The first-order chi connectivity index (χ1) is 17.6.